The Morgan fingerprint density at radius 3 is 2.81 bits per heavy atom. The molecular formula is C16H14ClNOS2. The van der Waals surface area contributed by atoms with Gasteiger partial charge in [0.25, 0.3) is 5.91 Å². The van der Waals surface area contributed by atoms with Gasteiger partial charge in [-0.2, -0.15) is 0 Å². The zero-order valence-corrected chi connectivity index (χ0v) is 13.9. The average Bonchev–Trinajstić information content (AvgIpc) is 2.88. The van der Waals surface area contributed by atoms with Crippen molar-refractivity contribution in [3.05, 3.63) is 51.4 Å². The molecule has 21 heavy (non-hydrogen) atoms. The second kappa shape index (κ2) is 6.26. The molecule has 0 radical (unpaired) electrons. The summed E-state index contributed by atoms with van der Waals surface area (Å²) in [5, 5.41) is 3.62. The topological polar surface area (TPSA) is 29.1 Å². The molecule has 1 aliphatic carbocycles. The molecule has 2 aromatic rings. The molecule has 3 rings (SSSR count). The van der Waals surface area contributed by atoms with Crippen LogP contribution in [0.15, 0.2) is 34.6 Å². The highest BCUT2D eigenvalue weighted by atomic mass is 35.5. The highest BCUT2D eigenvalue weighted by Gasteiger charge is 2.22. The van der Waals surface area contributed by atoms with Gasteiger partial charge in [0.1, 0.15) is 0 Å². The van der Waals surface area contributed by atoms with Gasteiger partial charge in [-0.15, -0.1) is 23.1 Å². The number of rotatable bonds is 3. The van der Waals surface area contributed by atoms with Gasteiger partial charge in [0.2, 0.25) is 0 Å². The summed E-state index contributed by atoms with van der Waals surface area (Å²) >= 11 is 9.14. The Morgan fingerprint density at radius 2 is 2.10 bits per heavy atom. The van der Waals surface area contributed by atoms with Crippen LogP contribution in [0.4, 0.5) is 5.69 Å². The smallest absolute Gasteiger partial charge is 0.266 e. The zero-order chi connectivity index (χ0) is 14.8. The van der Waals surface area contributed by atoms with Crippen LogP contribution < -0.4 is 5.32 Å². The molecule has 0 spiro atoms. The van der Waals surface area contributed by atoms with Crippen LogP contribution in [-0.4, -0.2) is 12.2 Å². The third kappa shape index (κ3) is 3.03. The van der Waals surface area contributed by atoms with E-state index in [4.69, 9.17) is 11.6 Å². The van der Waals surface area contributed by atoms with Crippen molar-refractivity contribution >= 4 is 52.4 Å². The number of amides is 1. The maximum atomic E-state index is 12.5. The lowest BCUT2D eigenvalue weighted by atomic mass is 9.99. The van der Waals surface area contributed by atoms with Crippen LogP contribution in [0.5, 0.6) is 0 Å². The van der Waals surface area contributed by atoms with Gasteiger partial charge in [-0.05, 0) is 48.9 Å². The molecule has 1 aromatic carbocycles. The molecule has 1 heterocycles. The minimum atomic E-state index is -0.0332. The van der Waals surface area contributed by atoms with Crippen molar-refractivity contribution in [2.24, 2.45) is 0 Å². The zero-order valence-electron chi connectivity index (χ0n) is 11.5. The molecule has 0 unspecified atom stereocenters. The van der Waals surface area contributed by atoms with E-state index in [1.54, 1.807) is 35.2 Å². The SMILES string of the molecule is CSc1sc(C(=O)Nc2ccc(Cl)cc2)c2c1C=CCC2. The van der Waals surface area contributed by atoms with Crippen LogP contribution in [0.25, 0.3) is 6.08 Å². The van der Waals surface area contributed by atoms with E-state index in [-0.39, 0.29) is 5.91 Å². The van der Waals surface area contributed by atoms with E-state index in [0.717, 1.165) is 23.4 Å². The van der Waals surface area contributed by atoms with Crippen LogP contribution >= 0.6 is 34.7 Å². The van der Waals surface area contributed by atoms with Crippen LogP contribution in [0.2, 0.25) is 5.02 Å². The molecule has 5 heteroatoms. The lowest BCUT2D eigenvalue weighted by Crippen LogP contribution is -2.12. The van der Waals surface area contributed by atoms with Gasteiger partial charge in [-0.1, -0.05) is 23.8 Å². The van der Waals surface area contributed by atoms with Crippen molar-refractivity contribution in [2.45, 2.75) is 17.1 Å². The molecule has 2 nitrogen and oxygen atoms in total. The molecule has 0 saturated heterocycles. The number of carbonyl (C=O) groups is 1. The molecule has 0 atom stereocenters. The van der Waals surface area contributed by atoms with Gasteiger partial charge in [-0.3, -0.25) is 4.79 Å². The van der Waals surface area contributed by atoms with Gasteiger partial charge in [-0.25, -0.2) is 0 Å². The predicted octanol–water partition coefficient (Wildman–Crippen LogP) is 5.34. The number of hydrogen-bond acceptors (Lipinski definition) is 3. The lowest BCUT2D eigenvalue weighted by molar-refractivity contribution is 0.102. The number of hydrogen-bond donors (Lipinski definition) is 1. The third-order valence-electron chi connectivity index (χ3n) is 3.35. The molecule has 1 amide bonds. The number of fused-ring (bicyclic) bond motifs is 1. The van der Waals surface area contributed by atoms with E-state index in [9.17, 15) is 4.79 Å². The van der Waals surface area contributed by atoms with Crippen molar-refractivity contribution in [2.75, 3.05) is 11.6 Å². The summed E-state index contributed by atoms with van der Waals surface area (Å²) in [5.41, 5.74) is 3.17. The highest BCUT2D eigenvalue weighted by molar-refractivity contribution is 8.00. The molecule has 1 N–H and O–H groups in total. The number of halogens is 1. The van der Waals surface area contributed by atoms with Crippen molar-refractivity contribution in [1.82, 2.24) is 0 Å². The van der Waals surface area contributed by atoms with Crippen molar-refractivity contribution < 1.29 is 4.79 Å². The second-order valence-corrected chi connectivity index (χ2v) is 7.25. The van der Waals surface area contributed by atoms with E-state index in [2.05, 4.69) is 23.7 Å². The van der Waals surface area contributed by atoms with Crippen molar-refractivity contribution in [3.63, 3.8) is 0 Å². The fourth-order valence-electron chi connectivity index (χ4n) is 2.36. The number of carbonyl (C=O) groups excluding carboxylic acids is 1. The highest BCUT2D eigenvalue weighted by Crippen LogP contribution is 2.39. The Morgan fingerprint density at radius 1 is 1.33 bits per heavy atom. The third-order valence-corrected chi connectivity index (χ3v) is 5.99. The summed E-state index contributed by atoms with van der Waals surface area (Å²) in [4.78, 5) is 13.4. The fraction of sp³-hybridized carbons (Fsp3) is 0.188. The number of allylic oxidation sites excluding steroid dienone is 1. The summed E-state index contributed by atoms with van der Waals surface area (Å²) in [6, 6.07) is 7.18. The Bertz CT molecular complexity index is 704. The summed E-state index contributed by atoms with van der Waals surface area (Å²) in [6.45, 7) is 0. The molecule has 0 bridgehead atoms. The predicted molar refractivity (Wildman–Crippen MR) is 92.9 cm³/mol. The molecular weight excluding hydrogens is 322 g/mol. The number of benzene rings is 1. The van der Waals surface area contributed by atoms with Crippen LogP contribution in [-0.2, 0) is 6.42 Å². The van der Waals surface area contributed by atoms with E-state index in [1.165, 1.54) is 15.3 Å². The summed E-state index contributed by atoms with van der Waals surface area (Å²) < 4.78 is 1.21. The van der Waals surface area contributed by atoms with Gasteiger partial charge >= 0.3 is 0 Å². The van der Waals surface area contributed by atoms with Crippen molar-refractivity contribution in [3.8, 4) is 0 Å². The van der Waals surface area contributed by atoms with Gasteiger partial charge in [0.05, 0.1) is 9.09 Å². The van der Waals surface area contributed by atoms with E-state index >= 15 is 0 Å². The number of anilines is 1. The van der Waals surface area contributed by atoms with E-state index < -0.39 is 0 Å². The van der Waals surface area contributed by atoms with Gasteiger partial charge in [0, 0.05) is 16.3 Å². The molecule has 0 aliphatic heterocycles. The number of nitrogens with one attached hydrogen (secondary N) is 1. The normalized spacial score (nSPS) is 13.0. The molecule has 1 aromatic heterocycles. The maximum absolute atomic E-state index is 12.5. The molecule has 0 fully saturated rings. The average molecular weight is 336 g/mol. The van der Waals surface area contributed by atoms with E-state index in [0.29, 0.717) is 5.02 Å². The van der Waals surface area contributed by atoms with Gasteiger partial charge in [0.15, 0.2) is 0 Å². The first-order valence-corrected chi connectivity index (χ1v) is 9.04. The first-order valence-electron chi connectivity index (χ1n) is 6.62. The largest absolute Gasteiger partial charge is 0.321 e. The first kappa shape index (κ1) is 14.7. The molecule has 0 saturated carbocycles. The Labute approximate surface area is 137 Å². The van der Waals surface area contributed by atoms with Crippen LogP contribution in [0.1, 0.15) is 27.2 Å². The number of thiophene rings is 1. The standard InChI is InChI=1S/C16H14ClNOS2/c1-20-16-13-5-3-2-4-12(13)14(21-16)15(19)18-11-8-6-10(17)7-9-11/h3,5-9H,2,4H2,1H3,(H,18,19). The molecule has 108 valence electrons. The Kier molecular flexibility index (Phi) is 4.38. The minimum absolute atomic E-state index is 0.0332. The van der Waals surface area contributed by atoms with E-state index in [1.807, 2.05) is 12.1 Å². The van der Waals surface area contributed by atoms with Crippen LogP contribution in [0.3, 0.4) is 0 Å². The monoisotopic (exact) mass is 335 g/mol. The number of thioether (sulfide) groups is 1. The van der Waals surface area contributed by atoms with Gasteiger partial charge < -0.3 is 5.32 Å². The quantitative estimate of drug-likeness (QED) is 0.767. The Balaban J connectivity index is 1.89. The summed E-state index contributed by atoms with van der Waals surface area (Å²) in [7, 11) is 0. The van der Waals surface area contributed by atoms with Crippen LogP contribution in [0, 0.1) is 0 Å². The minimum Gasteiger partial charge on any atom is -0.321 e. The first-order chi connectivity index (χ1) is 10.2. The second-order valence-electron chi connectivity index (χ2n) is 4.72. The summed E-state index contributed by atoms with van der Waals surface area (Å²) in [5.74, 6) is -0.0332. The fourth-order valence-corrected chi connectivity index (χ4v) is 4.44. The lowest BCUT2D eigenvalue weighted by Gasteiger charge is -2.09. The molecule has 1 aliphatic rings. The maximum Gasteiger partial charge on any atom is 0.266 e. The van der Waals surface area contributed by atoms with Crippen molar-refractivity contribution in [1.29, 1.82) is 0 Å². The summed E-state index contributed by atoms with van der Waals surface area (Å²) in [6.07, 6.45) is 8.30. The Hall–Kier alpha value is -1.23.